The van der Waals surface area contributed by atoms with Crippen LogP contribution in [0.15, 0.2) is 77.8 Å². The van der Waals surface area contributed by atoms with Crippen LogP contribution in [0.1, 0.15) is 49.7 Å². The molecule has 0 radical (unpaired) electrons. The monoisotopic (exact) mass is 614 g/mol. The smallest absolute Gasteiger partial charge is 0.253 e. The normalized spacial score (nSPS) is 20.9. The Bertz CT molecular complexity index is 1510. The molecule has 1 N–H and O–H groups in total. The molecule has 0 saturated carbocycles. The van der Waals surface area contributed by atoms with Crippen LogP contribution < -0.4 is 5.32 Å². The second-order valence-electron chi connectivity index (χ2n) is 12.1. The molecular weight excluding hydrogens is 572 g/mol. The van der Waals surface area contributed by atoms with E-state index >= 15 is 0 Å². The van der Waals surface area contributed by atoms with Gasteiger partial charge in [0.05, 0.1) is 17.6 Å². The SMILES string of the molecule is O=C(CCCOCc1ccccc1)N1CCCC(C2=NC3(CCN(S(=O)CCc4cccc5ccccc45)CC3)C(=O)N2)C1. The van der Waals surface area contributed by atoms with Gasteiger partial charge in [-0.3, -0.25) is 14.6 Å². The van der Waals surface area contributed by atoms with E-state index in [1.807, 2.05) is 51.7 Å². The fourth-order valence-electron chi connectivity index (χ4n) is 6.65. The highest BCUT2D eigenvalue weighted by Crippen LogP contribution is 2.33. The largest absolute Gasteiger partial charge is 0.377 e. The highest BCUT2D eigenvalue weighted by Gasteiger charge is 2.47. The Kier molecular flexibility index (Phi) is 9.84. The molecule has 0 aromatic heterocycles. The molecule has 2 fully saturated rings. The lowest BCUT2D eigenvalue weighted by molar-refractivity contribution is -0.132. The molecule has 3 aromatic carbocycles. The van der Waals surface area contributed by atoms with Gasteiger partial charge in [0.25, 0.3) is 5.91 Å². The van der Waals surface area contributed by atoms with Crippen molar-refractivity contribution in [2.24, 2.45) is 10.9 Å². The third-order valence-corrected chi connectivity index (χ3v) is 10.7. The molecule has 3 heterocycles. The molecule has 2 atom stereocenters. The molecule has 2 amide bonds. The summed E-state index contributed by atoms with van der Waals surface area (Å²) in [6.07, 6.45) is 4.80. The summed E-state index contributed by atoms with van der Waals surface area (Å²) in [5, 5.41) is 5.50. The quantitative estimate of drug-likeness (QED) is 0.319. The number of hydrogen-bond acceptors (Lipinski definition) is 5. The second kappa shape index (κ2) is 14.1. The van der Waals surface area contributed by atoms with E-state index in [9.17, 15) is 13.8 Å². The van der Waals surface area contributed by atoms with Gasteiger partial charge in [0, 0.05) is 50.9 Å². The van der Waals surface area contributed by atoms with E-state index in [0.717, 1.165) is 37.2 Å². The Hall–Kier alpha value is -3.40. The summed E-state index contributed by atoms with van der Waals surface area (Å²) in [7, 11) is -1.12. The highest BCUT2D eigenvalue weighted by atomic mass is 32.2. The Balaban J connectivity index is 0.969. The number of carbonyl (C=O) groups is 2. The minimum absolute atomic E-state index is 0.0400. The zero-order chi connectivity index (χ0) is 30.4. The number of carbonyl (C=O) groups excluding carboxylic acids is 2. The second-order valence-corrected chi connectivity index (χ2v) is 13.7. The lowest BCUT2D eigenvalue weighted by Crippen LogP contribution is -2.50. The molecule has 0 aliphatic carbocycles. The van der Waals surface area contributed by atoms with Crippen molar-refractivity contribution < 1.29 is 18.5 Å². The van der Waals surface area contributed by atoms with E-state index in [1.165, 1.54) is 16.3 Å². The number of likely N-dealkylation sites (tertiary alicyclic amines) is 1. The molecule has 9 heteroatoms. The van der Waals surface area contributed by atoms with Gasteiger partial charge in [-0.15, -0.1) is 0 Å². The van der Waals surface area contributed by atoms with Crippen LogP contribution in [0.2, 0.25) is 0 Å². The molecule has 3 aliphatic rings. The molecular formula is C35H42N4O4S. The van der Waals surface area contributed by atoms with Gasteiger partial charge in [0.15, 0.2) is 0 Å². The molecule has 1 spiro atoms. The number of piperidine rings is 2. The standard InChI is InChI=1S/C35H42N4O4S/c40-32(16-8-23-43-26-27-9-2-1-3-10-27)38-20-7-14-30(25-38)33-36-34(41)35(37-33)18-21-39(22-19-35)44(42)24-17-29-13-6-12-28-11-4-5-15-31(28)29/h1-6,9-13,15,30H,7-8,14,16-26H2,(H,36,37,41). The Labute approximate surface area is 262 Å². The molecule has 2 saturated heterocycles. The van der Waals surface area contributed by atoms with Gasteiger partial charge in [0.1, 0.15) is 11.4 Å². The zero-order valence-corrected chi connectivity index (χ0v) is 26.1. The van der Waals surface area contributed by atoms with Gasteiger partial charge in [0.2, 0.25) is 5.91 Å². The van der Waals surface area contributed by atoms with Crippen molar-refractivity contribution in [3.63, 3.8) is 0 Å². The summed E-state index contributed by atoms with van der Waals surface area (Å²) < 4.78 is 21.0. The average Bonchev–Trinajstić information content (AvgIpc) is 3.39. The molecule has 232 valence electrons. The van der Waals surface area contributed by atoms with E-state index in [0.29, 0.717) is 64.3 Å². The third kappa shape index (κ3) is 7.11. The number of aliphatic imine (C=N–C) groups is 1. The summed E-state index contributed by atoms with van der Waals surface area (Å²) in [5.41, 5.74) is 1.56. The molecule has 3 aliphatic heterocycles. The number of aryl methyl sites for hydroxylation is 1. The molecule has 2 unspecified atom stereocenters. The molecule has 8 nitrogen and oxygen atoms in total. The molecule has 3 aromatic rings. The van der Waals surface area contributed by atoms with Crippen molar-refractivity contribution in [1.29, 1.82) is 0 Å². The van der Waals surface area contributed by atoms with Crippen LogP contribution in [0.5, 0.6) is 0 Å². The van der Waals surface area contributed by atoms with E-state index < -0.39 is 16.5 Å². The van der Waals surface area contributed by atoms with Crippen molar-refractivity contribution in [3.05, 3.63) is 83.9 Å². The van der Waals surface area contributed by atoms with Crippen LogP contribution in [0, 0.1) is 5.92 Å². The van der Waals surface area contributed by atoms with Crippen molar-refractivity contribution in [3.8, 4) is 0 Å². The van der Waals surface area contributed by atoms with Crippen molar-refractivity contribution >= 4 is 39.4 Å². The highest BCUT2D eigenvalue weighted by molar-refractivity contribution is 7.82. The lowest BCUT2D eigenvalue weighted by Gasteiger charge is -2.34. The minimum Gasteiger partial charge on any atom is -0.377 e. The summed E-state index contributed by atoms with van der Waals surface area (Å²) in [5.74, 6) is 1.42. The number of amides is 2. The van der Waals surface area contributed by atoms with E-state index in [-0.39, 0.29) is 17.7 Å². The zero-order valence-electron chi connectivity index (χ0n) is 25.3. The predicted molar refractivity (Wildman–Crippen MR) is 174 cm³/mol. The van der Waals surface area contributed by atoms with Crippen LogP contribution in [0.3, 0.4) is 0 Å². The first-order valence-corrected chi connectivity index (χ1v) is 17.2. The fraction of sp³-hybridized carbons (Fsp3) is 0.457. The maximum Gasteiger partial charge on any atom is 0.253 e. The average molecular weight is 615 g/mol. The number of ether oxygens (including phenoxy) is 1. The number of amidine groups is 1. The van der Waals surface area contributed by atoms with Gasteiger partial charge < -0.3 is 15.0 Å². The van der Waals surface area contributed by atoms with Crippen LogP contribution in [0.4, 0.5) is 0 Å². The van der Waals surface area contributed by atoms with Crippen LogP contribution >= 0.6 is 0 Å². The number of nitrogens with zero attached hydrogens (tertiary/aromatic N) is 3. The van der Waals surface area contributed by atoms with Gasteiger partial charge in [-0.05, 0) is 60.4 Å². The molecule has 0 bridgehead atoms. The topological polar surface area (TPSA) is 91.3 Å². The number of rotatable bonds is 11. The van der Waals surface area contributed by atoms with Crippen molar-refractivity contribution in [1.82, 2.24) is 14.5 Å². The van der Waals surface area contributed by atoms with Gasteiger partial charge >= 0.3 is 0 Å². The first kappa shape index (κ1) is 30.6. The van der Waals surface area contributed by atoms with E-state index in [2.05, 4.69) is 35.6 Å². The van der Waals surface area contributed by atoms with Gasteiger partial charge in [-0.1, -0.05) is 72.8 Å². The van der Waals surface area contributed by atoms with Crippen LogP contribution in [0.25, 0.3) is 10.8 Å². The van der Waals surface area contributed by atoms with Crippen LogP contribution in [-0.2, 0) is 38.3 Å². The first-order chi connectivity index (χ1) is 21.5. The Morgan fingerprint density at radius 1 is 1.00 bits per heavy atom. The molecule has 6 rings (SSSR count). The number of benzene rings is 3. The summed E-state index contributed by atoms with van der Waals surface area (Å²) in [6, 6.07) is 24.6. The molecule has 44 heavy (non-hydrogen) atoms. The Morgan fingerprint density at radius 3 is 2.61 bits per heavy atom. The van der Waals surface area contributed by atoms with Gasteiger partial charge in [-0.2, -0.15) is 0 Å². The number of hydrogen-bond donors (Lipinski definition) is 1. The Morgan fingerprint density at radius 2 is 1.77 bits per heavy atom. The summed E-state index contributed by atoms with van der Waals surface area (Å²) in [6.45, 7) is 3.59. The summed E-state index contributed by atoms with van der Waals surface area (Å²) in [4.78, 5) is 33.1. The maximum atomic E-state index is 13.2. The predicted octanol–water partition coefficient (Wildman–Crippen LogP) is 4.64. The van der Waals surface area contributed by atoms with E-state index in [1.54, 1.807) is 0 Å². The third-order valence-electron chi connectivity index (χ3n) is 9.21. The lowest BCUT2D eigenvalue weighted by atomic mass is 9.89. The maximum absolute atomic E-state index is 13.2. The first-order valence-electron chi connectivity index (χ1n) is 15.9. The van der Waals surface area contributed by atoms with Crippen molar-refractivity contribution in [2.45, 2.75) is 57.1 Å². The van der Waals surface area contributed by atoms with Gasteiger partial charge in [-0.25, -0.2) is 8.51 Å². The summed E-state index contributed by atoms with van der Waals surface area (Å²) >= 11 is 0. The minimum atomic E-state index is -1.12. The van der Waals surface area contributed by atoms with Crippen LogP contribution in [-0.4, -0.2) is 75.1 Å². The fourth-order valence-corrected chi connectivity index (χ4v) is 7.89. The number of fused-ring (bicyclic) bond motifs is 1. The van der Waals surface area contributed by atoms with E-state index in [4.69, 9.17) is 9.73 Å². The van der Waals surface area contributed by atoms with Crippen molar-refractivity contribution in [2.75, 3.05) is 38.5 Å². The number of nitrogens with one attached hydrogen (secondary N) is 1.